The Bertz CT molecular complexity index is 8.00. The maximum atomic E-state index is 0. The first kappa shape index (κ1) is 35.2. The van der Waals surface area contributed by atoms with E-state index in [0.29, 0.717) is 0 Å². The molecule has 33 valence electrons. The van der Waals surface area contributed by atoms with Gasteiger partial charge in [-0.1, -0.05) is 0 Å². The zero-order valence-electron chi connectivity index (χ0n) is 1.00. The summed E-state index contributed by atoms with van der Waals surface area (Å²) < 4.78 is 0. The molecule has 0 atom stereocenters. The van der Waals surface area contributed by atoms with Crippen LogP contribution < -0.4 is 0 Å². The minimum atomic E-state index is 0. The fraction of sp³-hybridized carbons (Fsp3) is 0. The molecule has 0 unspecified atom stereocenters. The number of rotatable bonds is 0. The van der Waals surface area contributed by atoms with Gasteiger partial charge in [-0.25, -0.2) is 0 Å². The Balaban J connectivity index is 0. The topological polar surface area (TPSA) is 0 Å². The summed E-state index contributed by atoms with van der Waals surface area (Å²) in [4.78, 5) is 0. The van der Waals surface area contributed by atoms with E-state index in [2.05, 4.69) is 0 Å². The smallest absolute Gasteiger partial charge is 0 e. The van der Waals surface area contributed by atoms with E-state index in [0.717, 1.165) is 0 Å². The van der Waals surface area contributed by atoms with Crippen molar-refractivity contribution in [2.24, 2.45) is 0 Å². The van der Waals surface area contributed by atoms with Crippen molar-refractivity contribution < 1.29 is 52.7 Å². The Morgan fingerprint density at radius 3 is 1.00 bits per heavy atom. The van der Waals surface area contributed by atoms with Crippen LogP contribution in [-0.2, 0) is 52.7 Å². The quantitative estimate of drug-likeness (QED) is 0.473. The molecular weight excluding hydrogens is 246 g/mol. The molecule has 0 aromatic rings. The molecule has 4 heteroatoms. The second-order valence-corrected chi connectivity index (χ2v) is 0. The fourth-order valence-electron chi connectivity index (χ4n) is 0. The molecular formula is H3AlCoNiRu. The SMILES string of the molecule is [AlH3].[Co].[Ni].[Ru]. The van der Waals surface area contributed by atoms with Gasteiger partial charge in [-0.2, -0.15) is 0 Å². The van der Waals surface area contributed by atoms with Gasteiger partial charge < -0.3 is 0 Å². The van der Waals surface area contributed by atoms with Crippen molar-refractivity contribution in [3.63, 3.8) is 0 Å². The average molecular weight is 249 g/mol. The molecule has 0 aliphatic heterocycles. The molecule has 0 spiro atoms. The maximum absolute atomic E-state index is 0. The second kappa shape index (κ2) is 19.2. The van der Waals surface area contributed by atoms with Gasteiger partial charge in [0.1, 0.15) is 0 Å². The van der Waals surface area contributed by atoms with Crippen molar-refractivity contribution in [3.8, 4) is 0 Å². The summed E-state index contributed by atoms with van der Waals surface area (Å²) in [6.07, 6.45) is 0. The largest absolute Gasteiger partial charge is 0.187 e. The zero-order chi connectivity index (χ0) is 0. The third kappa shape index (κ3) is 8.91. The molecule has 0 N–H and O–H groups in total. The van der Waals surface area contributed by atoms with Gasteiger partial charge in [0.25, 0.3) is 0 Å². The molecule has 4 heavy (non-hydrogen) atoms. The van der Waals surface area contributed by atoms with Crippen LogP contribution in [0.25, 0.3) is 0 Å². The van der Waals surface area contributed by atoms with Crippen LogP contribution in [0.5, 0.6) is 0 Å². The predicted molar refractivity (Wildman–Crippen MR) is 9.94 cm³/mol. The zero-order valence-corrected chi connectivity index (χ0v) is 4.77. The standard InChI is InChI=1S/Al.Co.Ni.Ru.3H. The van der Waals surface area contributed by atoms with Crippen LogP contribution in [0.1, 0.15) is 0 Å². The Morgan fingerprint density at radius 2 is 1.00 bits per heavy atom. The van der Waals surface area contributed by atoms with Gasteiger partial charge in [-0.05, 0) is 0 Å². The summed E-state index contributed by atoms with van der Waals surface area (Å²) >= 11 is 0. The molecule has 0 aliphatic rings. The van der Waals surface area contributed by atoms with E-state index in [1.807, 2.05) is 0 Å². The van der Waals surface area contributed by atoms with E-state index in [-0.39, 0.29) is 70.1 Å². The third-order valence-corrected chi connectivity index (χ3v) is 0. The molecule has 0 aromatic heterocycles. The van der Waals surface area contributed by atoms with Gasteiger partial charge in [-0.3, -0.25) is 0 Å². The molecule has 0 rings (SSSR count). The number of hydrogen-bond donors (Lipinski definition) is 0. The van der Waals surface area contributed by atoms with Crippen LogP contribution in [-0.4, -0.2) is 17.4 Å². The summed E-state index contributed by atoms with van der Waals surface area (Å²) in [6, 6.07) is 0. The summed E-state index contributed by atoms with van der Waals surface area (Å²) in [5.41, 5.74) is 0. The summed E-state index contributed by atoms with van der Waals surface area (Å²) in [7, 11) is 0. The van der Waals surface area contributed by atoms with E-state index in [4.69, 9.17) is 0 Å². The van der Waals surface area contributed by atoms with Gasteiger partial charge in [0.15, 0.2) is 17.4 Å². The van der Waals surface area contributed by atoms with Crippen LogP contribution in [0.4, 0.5) is 0 Å². The van der Waals surface area contributed by atoms with E-state index in [9.17, 15) is 0 Å². The minimum Gasteiger partial charge on any atom is 0 e. The third-order valence-electron chi connectivity index (χ3n) is 0. The van der Waals surface area contributed by atoms with Crippen molar-refractivity contribution in [1.82, 2.24) is 0 Å². The maximum Gasteiger partial charge on any atom is 0.187 e. The molecule has 0 fully saturated rings. The van der Waals surface area contributed by atoms with Crippen molar-refractivity contribution in [1.29, 1.82) is 0 Å². The summed E-state index contributed by atoms with van der Waals surface area (Å²) in [5, 5.41) is 0. The molecule has 0 saturated heterocycles. The Labute approximate surface area is 69.5 Å². The fourth-order valence-corrected chi connectivity index (χ4v) is 0. The monoisotopic (exact) mass is 249 g/mol. The van der Waals surface area contributed by atoms with Gasteiger partial charge in [-0.15, -0.1) is 0 Å². The summed E-state index contributed by atoms with van der Waals surface area (Å²) in [6.45, 7) is 0. The Morgan fingerprint density at radius 1 is 1.00 bits per heavy atom. The van der Waals surface area contributed by atoms with E-state index in [1.165, 1.54) is 0 Å². The molecule has 0 saturated carbocycles. The normalized spacial score (nSPS) is 0. The van der Waals surface area contributed by atoms with E-state index >= 15 is 0 Å². The Kier molecular flexibility index (Phi) is 169. The average Bonchev–Trinajstić information content (AvgIpc) is 0. The van der Waals surface area contributed by atoms with Gasteiger partial charge in [0.2, 0.25) is 0 Å². The molecule has 0 amide bonds. The summed E-state index contributed by atoms with van der Waals surface area (Å²) in [5.74, 6) is 0. The van der Waals surface area contributed by atoms with Crippen molar-refractivity contribution in [3.05, 3.63) is 0 Å². The van der Waals surface area contributed by atoms with Crippen LogP contribution >= 0.6 is 0 Å². The molecule has 0 bridgehead atoms. The first-order valence-corrected chi connectivity index (χ1v) is 0. The van der Waals surface area contributed by atoms with E-state index < -0.39 is 0 Å². The molecule has 0 aliphatic carbocycles. The molecule has 1 radical (unpaired) electrons. The van der Waals surface area contributed by atoms with Crippen LogP contribution in [0.2, 0.25) is 0 Å². The Hall–Kier alpha value is 2.16. The second-order valence-electron chi connectivity index (χ2n) is 0. The van der Waals surface area contributed by atoms with Crippen molar-refractivity contribution in [2.75, 3.05) is 0 Å². The van der Waals surface area contributed by atoms with Gasteiger partial charge >= 0.3 is 0 Å². The predicted octanol–water partition coefficient (Wildman–Crippen LogP) is -1.19. The van der Waals surface area contributed by atoms with Gasteiger partial charge in [0, 0.05) is 52.7 Å². The minimum absolute atomic E-state index is 0. The van der Waals surface area contributed by atoms with Gasteiger partial charge in [0.05, 0.1) is 0 Å². The molecule has 0 heterocycles. The van der Waals surface area contributed by atoms with Crippen LogP contribution in [0.15, 0.2) is 0 Å². The first-order chi connectivity index (χ1) is 0. The molecule has 0 nitrogen and oxygen atoms in total. The molecule has 0 aromatic carbocycles. The van der Waals surface area contributed by atoms with Crippen molar-refractivity contribution in [2.45, 2.75) is 0 Å². The van der Waals surface area contributed by atoms with Crippen molar-refractivity contribution >= 4 is 17.4 Å². The van der Waals surface area contributed by atoms with E-state index in [1.54, 1.807) is 0 Å². The van der Waals surface area contributed by atoms with Crippen LogP contribution in [0, 0.1) is 0 Å². The first-order valence-electron chi connectivity index (χ1n) is 0. The number of hydrogen-bond acceptors (Lipinski definition) is 0. The van der Waals surface area contributed by atoms with Crippen LogP contribution in [0.3, 0.4) is 0 Å².